The quantitative estimate of drug-likeness (QED) is 0.480. The summed E-state index contributed by atoms with van der Waals surface area (Å²) in [5, 5.41) is 25.2. The zero-order valence-corrected chi connectivity index (χ0v) is 22.8. The van der Waals surface area contributed by atoms with Gasteiger partial charge in [0.2, 0.25) is 5.91 Å². The maximum absolute atomic E-state index is 13.6. The molecule has 0 bridgehead atoms. The number of hydrogen-bond donors (Lipinski definition) is 3. The zero-order valence-electron chi connectivity index (χ0n) is 22.8. The summed E-state index contributed by atoms with van der Waals surface area (Å²) in [6.45, 7) is 12.9. The van der Waals surface area contributed by atoms with Crippen LogP contribution in [0.3, 0.4) is 0 Å². The first kappa shape index (κ1) is 28.8. The molecule has 1 aliphatic rings. The second kappa shape index (κ2) is 12.2. The Morgan fingerprint density at radius 1 is 1.24 bits per heavy atom. The fourth-order valence-electron chi connectivity index (χ4n) is 5.15. The minimum Gasteiger partial charge on any atom is -0.441 e. The molecule has 3 N–H and O–H groups in total. The van der Waals surface area contributed by atoms with Crippen LogP contribution in [0.15, 0.2) is 46.9 Å². The number of fused-ring (bicyclic) bond motifs is 1. The second-order valence-electron chi connectivity index (χ2n) is 11.2. The van der Waals surface area contributed by atoms with Crippen LogP contribution in [0.5, 0.6) is 0 Å². The Morgan fingerprint density at radius 3 is 2.68 bits per heavy atom. The van der Waals surface area contributed by atoms with Crippen molar-refractivity contribution in [2.24, 2.45) is 17.3 Å². The van der Waals surface area contributed by atoms with Crippen molar-refractivity contribution in [2.45, 2.75) is 91.4 Å². The number of aryl methyl sites for hydroxylation is 1. The van der Waals surface area contributed by atoms with E-state index in [9.17, 15) is 19.8 Å². The predicted molar refractivity (Wildman–Crippen MR) is 145 cm³/mol. The molecule has 3 rings (SSSR count). The highest BCUT2D eigenvalue weighted by molar-refractivity contribution is 5.88. The van der Waals surface area contributed by atoms with E-state index in [-0.39, 0.29) is 30.1 Å². The lowest BCUT2D eigenvalue weighted by molar-refractivity contribution is -0.144. The third kappa shape index (κ3) is 6.96. The van der Waals surface area contributed by atoms with Crippen molar-refractivity contribution in [3.8, 4) is 0 Å². The van der Waals surface area contributed by atoms with Crippen molar-refractivity contribution in [3.05, 3.63) is 54.0 Å². The minimum atomic E-state index is -1.22. The molecule has 202 valence electrons. The molecular formula is C30H42N2O5. The van der Waals surface area contributed by atoms with Crippen LogP contribution < -0.4 is 5.32 Å². The monoisotopic (exact) mass is 510 g/mol. The lowest BCUT2D eigenvalue weighted by Gasteiger charge is -2.35. The normalized spacial score (nSPS) is 29.9. The number of allylic oxidation sites excluding steroid dienone is 2. The molecule has 1 aromatic carbocycles. The first-order valence-electron chi connectivity index (χ1n) is 13.3. The fraction of sp³-hybridized carbons (Fsp3) is 0.567. The summed E-state index contributed by atoms with van der Waals surface area (Å²) in [6.07, 6.45) is 4.91. The molecule has 2 aromatic rings. The number of nitrogens with zero attached hydrogens (tertiary/aromatic N) is 1. The summed E-state index contributed by atoms with van der Waals surface area (Å²) >= 11 is 0. The Labute approximate surface area is 220 Å². The molecule has 0 unspecified atom stereocenters. The molecule has 0 saturated carbocycles. The van der Waals surface area contributed by atoms with Crippen LogP contribution in [0.2, 0.25) is 0 Å². The molecule has 1 aliphatic heterocycles. The molecule has 2 heterocycles. The highest BCUT2D eigenvalue weighted by Crippen LogP contribution is 2.34. The summed E-state index contributed by atoms with van der Waals surface area (Å²) < 4.78 is 5.60. The number of rotatable bonds is 3. The van der Waals surface area contributed by atoms with Crippen LogP contribution in [-0.4, -0.2) is 39.1 Å². The van der Waals surface area contributed by atoms with Crippen molar-refractivity contribution in [2.75, 3.05) is 0 Å². The van der Waals surface area contributed by atoms with E-state index in [2.05, 4.69) is 29.9 Å². The highest BCUT2D eigenvalue weighted by Gasteiger charge is 2.43. The first-order chi connectivity index (χ1) is 17.4. The van der Waals surface area contributed by atoms with Crippen molar-refractivity contribution >= 4 is 22.8 Å². The average molecular weight is 511 g/mol. The van der Waals surface area contributed by atoms with E-state index >= 15 is 0 Å². The number of nitrogens with one attached hydrogen (secondary N) is 1. The lowest BCUT2D eigenvalue weighted by atomic mass is 9.71. The number of Topliss-reactive ketones (excluding diaryl/α,β-unsaturated/α-hetero) is 1. The second-order valence-corrected chi connectivity index (χ2v) is 11.2. The van der Waals surface area contributed by atoms with Gasteiger partial charge in [0.15, 0.2) is 11.5 Å². The zero-order chi connectivity index (χ0) is 27.3. The van der Waals surface area contributed by atoms with Crippen molar-refractivity contribution < 1.29 is 24.2 Å². The third-order valence-corrected chi connectivity index (χ3v) is 7.79. The number of benzene rings is 1. The van der Waals surface area contributed by atoms with Crippen LogP contribution in [0.25, 0.3) is 11.1 Å². The van der Waals surface area contributed by atoms with E-state index in [4.69, 9.17) is 4.42 Å². The van der Waals surface area contributed by atoms with Crippen molar-refractivity contribution in [1.82, 2.24) is 10.3 Å². The Bertz CT molecular complexity index is 1150. The van der Waals surface area contributed by atoms with Gasteiger partial charge in [-0.3, -0.25) is 9.59 Å². The summed E-state index contributed by atoms with van der Waals surface area (Å²) in [6, 6.07) is 5.38. The van der Waals surface area contributed by atoms with Gasteiger partial charge in [0, 0.05) is 12.8 Å². The van der Waals surface area contributed by atoms with E-state index in [1.807, 2.05) is 25.1 Å². The maximum atomic E-state index is 13.6. The smallest absolute Gasteiger partial charge is 0.223 e. The number of oxazole rings is 1. The number of hydrogen-bond acceptors (Lipinski definition) is 6. The van der Waals surface area contributed by atoms with E-state index in [0.717, 1.165) is 30.3 Å². The number of carbonyl (C=O) groups excluding carboxylic acids is 2. The maximum Gasteiger partial charge on any atom is 0.223 e. The topological polar surface area (TPSA) is 113 Å². The number of aliphatic hydroxyl groups is 2. The van der Waals surface area contributed by atoms with Crippen LogP contribution in [0.1, 0.15) is 83.7 Å². The van der Waals surface area contributed by atoms with Crippen molar-refractivity contribution in [3.63, 3.8) is 0 Å². The molecule has 0 saturated heterocycles. The largest absolute Gasteiger partial charge is 0.441 e. The SMILES string of the molecule is C=CC[C@H]1C(=O)C(C)(C)[C@@H](O)CC(=O)N[C@H](c2ccc3oc(C)nc3c2)C/C=C(/C)CCC[C@H](C)[C@@H]1O. The molecule has 37 heavy (non-hydrogen) atoms. The summed E-state index contributed by atoms with van der Waals surface area (Å²) in [4.78, 5) is 31.1. The Hall–Kier alpha value is -2.77. The van der Waals surface area contributed by atoms with Crippen LogP contribution >= 0.6 is 0 Å². The van der Waals surface area contributed by atoms with Gasteiger partial charge in [-0.2, -0.15) is 0 Å². The average Bonchev–Trinajstić information content (AvgIpc) is 3.22. The molecule has 0 fully saturated rings. The van der Waals surface area contributed by atoms with E-state index < -0.39 is 23.5 Å². The number of carbonyl (C=O) groups is 2. The van der Waals surface area contributed by atoms with E-state index in [1.165, 1.54) is 5.57 Å². The van der Waals surface area contributed by atoms with Gasteiger partial charge in [0.05, 0.1) is 30.1 Å². The minimum absolute atomic E-state index is 0.0868. The lowest BCUT2D eigenvalue weighted by Crippen LogP contribution is -2.47. The summed E-state index contributed by atoms with van der Waals surface area (Å²) in [5.41, 5.74) is 2.29. The number of aromatic nitrogens is 1. The van der Waals surface area contributed by atoms with Gasteiger partial charge in [0.25, 0.3) is 0 Å². The standard InChI is InChI=1S/C30H42N2O5/c1-7-9-22-28(35)19(3)11-8-10-18(2)12-14-23(21-13-15-25-24(16-21)31-20(4)37-25)32-27(34)17-26(33)30(5,6)29(22)36/h7,12-13,15-16,19,22-23,26,28,33,35H,1,8-11,14,17H2,2-6H3,(H,32,34)/b18-12-/t19-,22+,23-,26-,28-/m0/s1. The molecule has 0 radical (unpaired) electrons. The molecule has 0 aliphatic carbocycles. The summed E-state index contributed by atoms with van der Waals surface area (Å²) in [5.74, 6) is -0.791. The number of aliphatic hydroxyl groups excluding tert-OH is 2. The molecular weight excluding hydrogens is 468 g/mol. The van der Waals surface area contributed by atoms with Gasteiger partial charge in [0.1, 0.15) is 11.3 Å². The predicted octanol–water partition coefficient (Wildman–Crippen LogP) is 5.35. The molecule has 0 spiro atoms. The highest BCUT2D eigenvalue weighted by atomic mass is 16.3. The van der Waals surface area contributed by atoms with Crippen LogP contribution in [0.4, 0.5) is 0 Å². The van der Waals surface area contributed by atoms with Crippen LogP contribution in [0, 0.1) is 24.2 Å². The van der Waals surface area contributed by atoms with Gasteiger partial charge in [-0.15, -0.1) is 6.58 Å². The number of ketones is 1. The van der Waals surface area contributed by atoms with Gasteiger partial charge >= 0.3 is 0 Å². The van der Waals surface area contributed by atoms with Crippen LogP contribution in [-0.2, 0) is 9.59 Å². The molecule has 1 aromatic heterocycles. The third-order valence-electron chi connectivity index (χ3n) is 7.79. The molecule has 7 nitrogen and oxygen atoms in total. The Morgan fingerprint density at radius 2 is 1.97 bits per heavy atom. The molecule has 5 atom stereocenters. The van der Waals surface area contributed by atoms with Gasteiger partial charge in [-0.05, 0) is 62.6 Å². The Kier molecular flexibility index (Phi) is 9.48. The van der Waals surface area contributed by atoms with Crippen molar-refractivity contribution in [1.29, 1.82) is 0 Å². The number of amides is 1. The molecule has 1 amide bonds. The fourth-order valence-corrected chi connectivity index (χ4v) is 5.15. The Balaban J connectivity index is 1.93. The van der Waals surface area contributed by atoms with Gasteiger partial charge in [-0.1, -0.05) is 44.6 Å². The van der Waals surface area contributed by atoms with E-state index in [1.54, 1.807) is 26.8 Å². The van der Waals surface area contributed by atoms with E-state index in [0.29, 0.717) is 24.3 Å². The molecule has 7 heteroatoms. The van der Waals surface area contributed by atoms with Gasteiger partial charge in [-0.25, -0.2) is 4.98 Å². The first-order valence-corrected chi connectivity index (χ1v) is 13.3. The van der Waals surface area contributed by atoms with Gasteiger partial charge < -0.3 is 19.9 Å². The summed E-state index contributed by atoms with van der Waals surface area (Å²) in [7, 11) is 0.